The number of fused-ring (bicyclic) bond motifs is 1. The molecular weight excluding hydrogens is 294 g/mol. The molecule has 1 aliphatic heterocycles. The van der Waals surface area contributed by atoms with Gasteiger partial charge in [0.1, 0.15) is 0 Å². The van der Waals surface area contributed by atoms with Crippen LogP contribution in [0.5, 0.6) is 11.5 Å². The van der Waals surface area contributed by atoms with E-state index in [1.807, 2.05) is 30.7 Å². The molecule has 0 unspecified atom stereocenters. The van der Waals surface area contributed by atoms with E-state index in [1.165, 1.54) is 5.56 Å². The van der Waals surface area contributed by atoms with Crippen LogP contribution in [0, 0.1) is 13.8 Å². The van der Waals surface area contributed by atoms with Crippen molar-refractivity contribution in [3.05, 3.63) is 40.7 Å². The zero-order chi connectivity index (χ0) is 16.4. The Bertz CT molecular complexity index is 697. The number of hydrogen-bond donors (Lipinski definition) is 2. The van der Waals surface area contributed by atoms with Gasteiger partial charge in [0.25, 0.3) is 0 Å². The standard InChI is InChI=1S/C17H23N3O3/c1-11(14-4-5-16-17(8-14)23-10-22-16)18-9-15-12(2)19-20(6-7-21)13(15)3/h4-5,8,11,18,21H,6-7,9-10H2,1-3H3/t11-/m0/s1. The van der Waals surface area contributed by atoms with Gasteiger partial charge in [0.2, 0.25) is 6.79 Å². The van der Waals surface area contributed by atoms with Gasteiger partial charge in [-0.3, -0.25) is 4.68 Å². The van der Waals surface area contributed by atoms with Crippen LogP contribution >= 0.6 is 0 Å². The van der Waals surface area contributed by atoms with Crippen molar-refractivity contribution < 1.29 is 14.6 Å². The molecule has 1 aromatic heterocycles. The summed E-state index contributed by atoms with van der Waals surface area (Å²) in [5.41, 5.74) is 4.45. The SMILES string of the molecule is Cc1nn(CCO)c(C)c1CN[C@@H](C)c1ccc2c(c1)OCO2. The van der Waals surface area contributed by atoms with Gasteiger partial charge in [0, 0.05) is 23.8 Å². The summed E-state index contributed by atoms with van der Waals surface area (Å²) in [7, 11) is 0. The molecule has 1 atom stereocenters. The normalized spacial score (nSPS) is 14.3. The van der Waals surface area contributed by atoms with E-state index < -0.39 is 0 Å². The third kappa shape index (κ3) is 3.18. The monoisotopic (exact) mass is 317 g/mol. The fourth-order valence-corrected chi connectivity index (χ4v) is 2.86. The second-order valence-electron chi connectivity index (χ2n) is 5.81. The predicted octanol–water partition coefficient (Wildman–Crippen LogP) is 2.07. The number of nitrogens with one attached hydrogen (secondary N) is 1. The fraction of sp³-hybridized carbons (Fsp3) is 0.471. The zero-order valence-corrected chi connectivity index (χ0v) is 13.8. The van der Waals surface area contributed by atoms with Crippen molar-refractivity contribution in [2.75, 3.05) is 13.4 Å². The molecule has 6 heteroatoms. The van der Waals surface area contributed by atoms with Crippen LogP contribution < -0.4 is 14.8 Å². The first-order chi connectivity index (χ1) is 11.1. The molecule has 0 saturated carbocycles. The molecule has 23 heavy (non-hydrogen) atoms. The number of rotatable bonds is 6. The highest BCUT2D eigenvalue weighted by Gasteiger charge is 2.17. The van der Waals surface area contributed by atoms with Crippen molar-refractivity contribution >= 4 is 0 Å². The number of hydrogen-bond acceptors (Lipinski definition) is 5. The molecule has 0 spiro atoms. The average Bonchev–Trinajstić information content (AvgIpc) is 3.10. The Kier molecular flexibility index (Phi) is 4.54. The van der Waals surface area contributed by atoms with Gasteiger partial charge in [-0.15, -0.1) is 0 Å². The van der Waals surface area contributed by atoms with Crippen molar-refractivity contribution in [2.45, 2.75) is 39.9 Å². The minimum absolute atomic E-state index is 0.0996. The van der Waals surface area contributed by atoms with Crippen molar-refractivity contribution in [3.63, 3.8) is 0 Å². The number of nitrogens with zero attached hydrogens (tertiary/aromatic N) is 2. The molecule has 1 aromatic carbocycles. The van der Waals surface area contributed by atoms with E-state index in [2.05, 4.69) is 23.4 Å². The fourth-order valence-electron chi connectivity index (χ4n) is 2.86. The van der Waals surface area contributed by atoms with E-state index in [4.69, 9.17) is 14.6 Å². The van der Waals surface area contributed by atoms with Crippen LogP contribution in [-0.4, -0.2) is 28.3 Å². The van der Waals surface area contributed by atoms with E-state index in [1.54, 1.807) is 0 Å². The highest BCUT2D eigenvalue weighted by Crippen LogP contribution is 2.34. The molecule has 0 amide bonds. The molecule has 124 valence electrons. The zero-order valence-electron chi connectivity index (χ0n) is 13.8. The van der Waals surface area contributed by atoms with Gasteiger partial charge >= 0.3 is 0 Å². The molecule has 2 N–H and O–H groups in total. The number of aliphatic hydroxyl groups is 1. The Morgan fingerprint density at radius 2 is 2.09 bits per heavy atom. The molecule has 0 saturated heterocycles. The van der Waals surface area contributed by atoms with Crippen LogP contribution in [0.3, 0.4) is 0 Å². The molecule has 3 rings (SSSR count). The smallest absolute Gasteiger partial charge is 0.231 e. The van der Waals surface area contributed by atoms with Crippen LogP contribution in [0.4, 0.5) is 0 Å². The molecular formula is C17H23N3O3. The number of aliphatic hydroxyl groups excluding tert-OH is 1. The summed E-state index contributed by atoms with van der Waals surface area (Å²) >= 11 is 0. The Morgan fingerprint density at radius 3 is 2.87 bits per heavy atom. The molecule has 0 aliphatic carbocycles. The number of aromatic nitrogens is 2. The van der Waals surface area contributed by atoms with Gasteiger partial charge < -0.3 is 19.9 Å². The van der Waals surface area contributed by atoms with Gasteiger partial charge in [-0.05, 0) is 38.5 Å². The summed E-state index contributed by atoms with van der Waals surface area (Å²) in [6.45, 7) is 7.83. The Morgan fingerprint density at radius 1 is 1.30 bits per heavy atom. The lowest BCUT2D eigenvalue weighted by molar-refractivity contribution is 0.174. The van der Waals surface area contributed by atoms with E-state index in [0.717, 1.165) is 35.0 Å². The first-order valence-corrected chi connectivity index (χ1v) is 7.87. The lowest BCUT2D eigenvalue weighted by Crippen LogP contribution is -2.19. The van der Waals surface area contributed by atoms with E-state index in [9.17, 15) is 0 Å². The second-order valence-corrected chi connectivity index (χ2v) is 5.81. The number of ether oxygens (including phenoxy) is 2. The minimum atomic E-state index is 0.0996. The Hall–Kier alpha value is -2.05. The first-order valence-electron chi connectivity index (χ1n) is 7.87. The molecule has 2 aromatic rings. The Balaban J connectivity index is 1.68. The van der Waals surface area contributed by atoms with Gasteiger partial charge in [-0.1, -0.05) is 6.07 Å². The van der Waals surface area contributed by atoms with Crippen molar-refractivity contribution in [1.82, 2.24) is 15.1 Å². The first kappa shape index (κ1) is 15.8. The topological polar surface area (TPSA) is 68.5 Å². The van der Waals surface area contributed by atoms with Crippen LogP contribution in [-0.2, 0) is 13.1 Å². The number of benzene rings is 1. The number of aryl methyl sites for hydroxylation is 1. The highest BCUT2D eigenvalue weighted by atomic mass is 16.7. The van der Waals surface area contributed by atoms with Crippen LogP contribution in [0.25, 0.3) is 0 Å². The summed E-state index contributed by atoms with van der Waals surface area (Å²) in [6, 6.07) is 6.21. The van der Waals surface area contributed by atoms with E-state index in [-0.39, 0.29) is 12.6 Å². The lowest BCUT2D eigenvalue weighted by Gasteiger charge is -2.15. The summed E-state index contributed by atoms with van der Waals surface area (Å²) in [5.74, 6) is 1.61. The summed E-state index contributed by atoms with van der Waals surface area (Å²) in [5, 5.41) is 17.1. The predicted molar refractivity (Wildman–Crippen MR) is 86.6 cm³/mol. The third-order valence-electron chi connectivity index (χ3n) is 4.32. The average molecular weight is 317 g/mol. The van der Waals surface area contributed by atoms with Gasteiger partial charge in [0.05, 0.1) is 18.8 Å². The van der Waals surface area contributed by atoms with Gasteiger partial charge in [0.15, 0.2) is 11.5 Å². The van der Waals surface area contributed by atoms with Crippen molar-refractivity contribution in [2.24, 2.45) is 0 Å². The van der Waals surface area contributed by atoms with Crippen molar-refractivity contribution in [1.29, 1.82) is 0 Å². The molecule has 2 heterocycles. The molecule has 0 bridgehead atoms. The maximum Gasteiger partial charge on any atom is 0.231 e. The molecule has 0 fully saturated rings. The summed E-state index contributed by atoms with van der Waals surface area (Å²) in [4.78, 5) is 0. The van der Waals surface area contributed by atoms with Crippen LogP contribution in [0.1, 0.15) is 35.5 Å². The third-order valence-corrected chi connectivity index (χ3v) is 4.32. The molecule has 6 nitrogen and oxygen atoms in total. The van der Waals surface area contributed by atoms with E-state index >= 15 is 0 Å². The maximum absolute atomic E-state index is 9.09. The van der Waals surface area contributed by atoms with E-state index in [0.29, 0.717) is 13.3 Å². The van der Waals surface area contributed by atoms with Crippen molar-refractivity contribution in [3.8, 4) is 11.5 Å². The minimum Gasteiger partial charge on any atom is -0.454 e. The molecule has 1 aliphatic rings. The quantitative estimate of drug-likeness (QED) is 0.854. The molecule has 0 radical (unpaired) electrons. The Labute approximate surface area is 136 Å². The van der Waals surface area contributed by atoms with Gasteiger partial charge in [-0.2, -0.15) is 5.10 Å². The largest absolute Gasteiger partial charge is 0.454 e. The van der Waals surface area contributed by atoms with Crippen LogP contribution in [0.2, 0.25) is 0 Å². The lowest BCUT2D eigenvalue weighted by atomic mass is 10.1. The summed E-state index contributed by atoms with van der Waals surface area (Å²) < 4.78 is 12.6. The summed E-state index contributed by atoms with van der Waals surface area (Å²) in [6.07, 6.45) is 0. The maximum atomic E-state index is 9.09. The van der Waals surface area contributed by atoms with Crippen LogP contribution in [0.15, 0.2) is 18.2 Å². The second kappa shape index (κ2) is 6.60. The highest BCUT2D eigenvalue weighted by molar-refractivity contribution is 5.45. The van der Waals surface area contributed by atoms with Gasteiger partial charge in [-0.25, -0.2) is 0 Å².